The molecule has 6 heteroatoms. The van der Waals surface area contributed by atoms with Gasteiger partial charge in [0.15, 0.2) is 0 Å². The van der Waals surface area contributed by atoms with Gasteiger partial charge in [-0.2, -0.15) is 5.10 Å². The summed E-state index contributed by atoms with van der Waals surface area (Å²) in [7, 11) is 1.89. The zero-order valence-electron chi connectivity index (χ0n) is 13.4. The summed E-state index contributed by atoms with van der Waals surface area (Å²) in [5, 5.41) is 5.87. The van der Waals surface area contributed by atoms with Gasteiger partial charge in [-0.05, 0) is 18.6 Å². The van der Waals surface area contributed by atoms with E-state index in [1.54, 1.807) is 17.2 Å². The van der Waals surface area contributed by atoms with Gasteiger partial charge < -0.3 is 4.57 Å². The smallest absolute Gasteiger partial charge is 0.1000 e. The Labute approximate surface area is 144 Å². The van der Waals surface area contributed by atoms with Gasteiger partial charge in [0.25, 0.3) is 0 Å². The Hall–Kier alpha value is -2.66. The van der Waals surface area contributed by atoms with Crippen LogP contribution in [-0.4, -0.2) is 24.3 Å². The zero-order chi connectivity index (χ0) is 16.7. The highest BCUT2D eigenvalue weighted by molar-refractivity contribution is 6.35. The van der Waals surface area contributed by atoms with Crippen LogP contribution in [0.2, 0.25) is 5.02 Å². The van der Waals surface area contributed by atoms with Crippen molar-refractivity contribution in [1.29, 1.82) is 0 Å². The summed E-state index contributed by atoms with van der Waals surface area (Å²) < 4.78 is 3.74. The van der Waals surface area contributed by atoms with E-state index >= 15 is 0 Å². The second-order valence-corrected chi connectivity index (χ2v) is 6.10. The van der Waals surface area contributed by atoms with Crippen LogP contribution in [0, 0.1) is 0 Å². The summed E-state index contributed by atoms with van der Waals surface area (Å²) >= 11 is 6.43. The number of nitrogens with zero attached hydrogens (tertiary/aromatic N) is 5. The van der Waals surface area contributed by atoms with Crippen LogP contribution < -0.4 is 0 Å². The minimum atomic E-state index is 0.728. The summed E-state index contributed by atoms with van der Waals surface area (Å²) in [4.78, 5) is 9.26. The highest BCUT2D eigenvalue weighted by Gasteiger charge is 2.11. The fraction of sp³-hybridized carbons (Fsp3) is 0.167. The molecule has 0 unspecified atom stereocenters. The summed E-state index contributed by atoms with van der Waals surface area (Å²) in [5.41, 5.74) is 4.69. The fourth-order valence-corrected chi connectivity index (χ4v) is 3.07. The molecule has 0 saturated heterocycles. The van der Waals surface area contributed by atoms with Gasteiger partial charge in [0.05, 0.1) is 34.4 Å². The molecule has 120 valence electrons. The number of para-hydroxylation sites is 1. The molecule has 0 N–H and O–H groups in total. The van der Waals surface area contributed by atoms with Gasteiger partial charge in [-0.3, -0.25) is 9.67 Å². The van der Waals surface area contributed by atoms with Gasteiger partial charge in [-0.1, -0.05) is 30.7 Å². The van der Waals surface area contributed by atoms with E-state index in [1.165, 1.54) is 0 Å². The topological polar surface area (TPSA) is 48.5 Å². The van der Waals surface area contributed by atoms with Crippen LogP contribution in [0.3, 0.4) is 0 Å². The van der Waals surface area contributed by atoms with E-state index in [0.717, 1.165) is 45.0 Å². The number of hydrogen-bond acceptors (Lipinski definition) is 3. The second kappa shape index (κ2) is 5.76. The molecule has 3 heterocycles. The lowest BCUT2D eigenvalue weighted by Gasteiger charge is -2.09. The highest BCUT2D eigenvalue weighted by atomic mass is 35.5. The third kappa shape index (κ3) is 2.47. The van der Waals surface area contributed by atoms with Gasteiger partial charge in [0, 0.05) is 36.1 Å². The molecule has 0 fully saturated rings. The van der Waals surface area contributed by atoms with Crippen molar-refractivity contribution in [2.75, 3.05) is 0 Å². The van der Waals surface area contributed by atoms with Crippen molar-refractivity contribution >= 4 is 22.5 Å². The first-order chi connectivity index (χ1) is 11.7. The molecule has 0 aliphatic heterocycles. The predicted molar refractivity (Wildman–Crippen MR) is 95.5 cm³/mol. The number of pyridine rings is 1. The number of hydrogen-bond donors (Lipinski definition) is 0. The Balaban J connectivity index is 1.88. The van der Waals surface area contributed by atoms with E-state index in [-0.39, 0.29) is 0 Å². The average Bonchev–Trinajstić information content (AvgIpc) is 3.23. The first-order valence-electron chi connectivity index (χ1n) is 7.77. The molecule has 0 aliphatic rings. The molecule has 4 aromatic rings. The van der Waals surface area contributed by atoms with Crippen LogP contribution in [-0.2, 0) is 13.5 Å². The van der Waals surface area contributed by atoms with Gasteiger partial charge in [0.2, 0.25) is 0 Å². The lowest BCUT2D eigenvalue weighted by Crippen LogP contribution is -1.96. The summed E-state index contributed by atoms with van der Waals surface area (Å²) in [6.07, 6.45) is 8.38. The highest BCUT2D eigenvalue weighted by Crippen LogP contribution is 2.28. The molecule has 4 rings (SSSR count). The van der Waals surface area contributed by atoms with Crippen molar-refractivity contribution in [2.45, 2.75) is 13.3 Å². The van der Waals surface area contributed by atoms with Crippen molar-refractivity contribution < 1.29 is 0 Å². The number of imidazole rings is 1. The zero-order valence-corrected chi connectivity index (χ0v) is 14.2. The van der Waals surface area contributed by atoms with Gasteiger partial charge >= 0.3 is 0 Å². The first kappa shape index (κ1) is 14.9. The van der Waals surface area contributed by atoms with E-state index in [4.69, 9.17) is 16.6 Å². The Kier molecular flexibility index (Phi) is 3.58. The van der Waals surface area contributed by atoms with Crippen LogP contribution in [0.15, 0.2) is 49.2 Å². The molecule has 0 bridgehead atoms. The maximum absolute atomic E-state index is 6.43. The molecular formula is C18H16ClN5. The SMILES string of the molecule is CCc1cc(Cl)c2cccc(-n3cnc(-c4cnn(C)c4)c3)c2n1. The Morgan fingerprint density at radius 1 is 1.21 bits per heavy atom. The lowest BCUT2D eigenvalue weighted by molar-refractivity contribution is 0.768. The Morgan fingerprint density at radius 3 is 2.83 bits per heavy atom. The van der Waals surface area contributed by atoms with Crippen molar-refractivity contribution in [2.24, 2.45) is 7.05 Å². The van der Waals surface area contributed by atoms with E-state index in [2.05, 4.69) is 17.0 Å². The van der Waals surface area contributed by atoms with Crippen LogP contribution in [0.5, 0.6) is 0 Å². The van der Waals surface area contributed by atoms with Crippen molar-refractivity contribution in [1.82, 2.24) is 24.3 Å². The van der Waals surface area contributed by atoms with Crippen LogP contribution in [0.25, 0.3) is 27.8 Å². The van der Waals surface area contributed by atoms with Gasteiger partial charge in [-0.15, -0.1) is 0 Å². The van der Waals surface area contributed by atoms with Crippen LogP contribution in [0.4, 0.5) is 0 Å². The molecule has 0 radical (unpaired) electrons. The number of rotatable bonds is 3. The Morgan fingerprint density at radius 2 is 2.08 bits per heavy atom. The van der Waals surface area contributed by atoms with Crippen molar-refractivity contribution in [3.8, 4) is 16.9 Å². The molecule has 24 heavy (non-hydrogen) atoms. The van der Waals surface area contributed by atoms with Crippen LogP contribution in [0.1, 0.15) is 12.6 Å². The summed E-state index contributed by atoms with van der Waals surface area (Å²) in [6, 6.07) is 7.94. The van der Waals surface area contributed by atoms with Crippen molar-refractivity contribution in [3.05, 3.63) is 59.9 Å². The minimum Gasteiger partial charge on any atom is -0.303 e. The van der Waals surface area contributed by atoms with Gasteiger partial charge in [-0.25, -0.2) is 4.98 Å². The number of benzene rings is 1. The molecule has 0 spiro atoms. The molecule has 0 atom stereocenters. The molecule has 0 aliphatic carbocycles. The van der Waals surface area contributed by atoms with Gasteiger partial charge in [0.1, 0.15) is 0 Å². The first-order valence-corrected chi connectivity index (χ1v) is 8.15. The lowest BCUT2D eigenvalue weighted by atomic mass is 10.1. The third-order valence-electron chi connectivity index (χ3n) is 4.04. The third-order valence-corrected chi connectivity index (χ3v) is 4.36. The minimum absolute atomic E-state index is 0.728. The average molecular weight is 338 g/mol. The monoisotopic (exact) mass is 337 g/mol. The summed E-state index contributed by atoms with van der Waals surface area (Å²) in [5.74, 6) is 0. The molecule has 3 aromatic heterocycles. The summed E-state index contributed by atoms with van der Waals surface area (Å²) in [6.45, 7) is 2.07. The van der Waals surface area contributed by atoms with E-state index in [9.17, 15) is 0 Å². The largest absolute Gasteiger partial charge is 0.303 e. The predicted octanol–water partition coefficient (Wildman–Crippen LogP) is 4.04. The van der Waals surface area contributed by atoms with E-state index in [1.807, 2.05) is 48.3 Å². The fourth-order valence-electron chi connectivity index (χ4n) is 2.79. The number of aromatic nitrogens is 5. The van der Waals surface area contributed by atoms with E-state index < -0.39 is 0 Å². The van der Waals surface area contributed by atoms with Crippen molar-refractivity contribution in [3.63, 3.8) is 0 Å². The Bertz CT molecular complexity index is 1030. The maximum atomic E-state index is 6.43. The standard InChI is InChI=1S/C18H16ClN5/c1-3-13-7-15(19)14-5-4-6-17(18(14)22-13)24-10-16(20-11-24)12-8-21-23(2)9-12/h4-11H,3H2,1-2H3. The molecular weight excluding hydrogens is 322 g/mol. The maximum Gasteiger partial charge on any atom is 0.1000 e. The molecule has 0 amide bonds. The van der Waals surface area contributed by atoms with E-state index in [0.29, 0.717) is 0 Å². The molecule has 1 aromatic carbocycles. The second-order valence-electron chi connectivity index (χ2n) is 5.69. The van der Waals surface area contributed by atoms with Crippen LogP contribution >= 0.6 is 11.6 Å². The normalized spacial score (nSPS) is 11.3. The number of fused-ring (bicyclic) bond motifs is 1. The molecule has 0 saturated carbocycles. The quantitative estimate of drug-likeness (QED) is 0.567. The number of aryl methyl sites for hydroxylation is 2. The number of halogens is 1. The molecule has 5 nitrogen and oxygen atoms in total.